The van der Waals surface area contributed by atoms with Crippen molar-refractivity contribution < 1.29 is 0 Å². The summed E-state index contributed by atoms with van der Waals surface area (Å²) < 4.78 is 0. The number of nitrogens with zero attached hydrogens (tertiary/aromatic N) is 4. The van der Waals surface area contributed by atoms with Gasteiger partial charge in [-0.05, 0) is 117 Å². The highest BCUT2D eigenvalue weighted by Crippen LogP contribution is 2.58. The van der Waals surface area contributed by atoms with Gasteiger partial charge in [0.2, 0.25) is 0 Å². The van der Waals surface area contributed by atoms with Crippen LogP contribution >= 0.6 is 0 Å². The molecule has 4 nitrogen and oxygen atoms in total. The number of anilines is 5. The number of fused-ring (bicyclic) bond motifs is 1. The van der Waals surface area contributed by atoms with Crippen LogP contribution in [0.5, 0.6) is 0 Å². The number of benzene rings is 9. The van der Waals surface area contributed by atoms with E-state index in [2.05, 4.69) is 157 Å². The Morgan fingerprint density at radius 2 is 1.05 bits per heavy atom. The monoisotopic (exact) mass is 716 g/mol. The third-order valence-electron chi connectivity index (χ3n) is 11.7. The van der Waals surface area contributed by atoms with Crippen molar-refractivity contribution in [3.8, 4) is 23.3 Å². The molecule has 56 heavy (non-hydrogen) atoms. The molecule has 0 saturated heterocycles. The highest BCUT2D eigenvalue weighted by molar-refractivity contribution is 6.28. The Balaban J connectivity index is 1.20. The molecule has 0 radical (unpaired) electrons. The van der Waals surface area contributed by atoms with E-state index < -0.39 is 0 Å². The van der Waals surface area contributed by atoms with Crippen LogP contribution in [-0.4, -0.2) is 0 Å². The number of rotatable bonds is 6. The number of nitriles is 2. The van der Waals surface area contributed by atoms with E-state index in [9.17, 15) is 10.5 Å². The molecule has 1 atom stereocenters. The van der Waals surface area contributed by atoms with Gasteiger partial charge in [-0.2, -0.15) is 10.5 Å². The smallest absolute Gasteiger partial charge is 0.0991 e. The molecule has 0 saturated carbocycles. The van der Waals surface area contributed by atoms with Crippen molar-refractivity contribution in [3.05, 3.63) is 198 Å². The Hall–Kier alpha value is -7.40. The van der Waals surface area contributed by atoms with Crippen molar-refractivity contribution in [2.45, 2.75) is 25.3 Å². The summed E-state index contributed by atoms with van der Waals surface area (Å²) in [6.07, 6.45) is 0. The first-order valence-electron chi connectivity index (χ1n) is 19.0. The Bertz CT molecular complexity index is 3010. The zero-order chi connectivity index (χ0) is 38.0. The van der Waals surface area contributed by atoms with Crippen molar-refractivity contribution in [2.24, 2.45) is 0 Å². The predicted octanol–water partition coefficient (Wildman–Crippen LogP) is 13.6. The molecular formula is C52H36N4. The van der Waals surface area contributed by atoms with E-state index in [1.54, 1.807) is 0 Å². The molecule has 0 aliphatic carbocycles. The molecular weight excluding hydrogens is 681 g/mol. The molecule has 9 aromatic rings. The SMILES string of the molecule is CC1(C)c2cc(-c3ccc(C#N)cc3)ccc2N(c2ccc3ccc4c(N(c5ccccc5)c5ccc(C#N)cc5)ccc5ccc2c3c54)C1c1ccccc1. The molecule has 1 aliphatic heterocycles. The molecule has 0 bridgehead atoms. The summed E-state index contributed by atoms with van der Waals surface area (Å²) in [6, 6.07) is 66.7. The lowest BCUT2D eigenvalue weighted by atomic mass is 9.77. The molecule has 9 aromatic carbocycles. The third kappa shape index (κ3) is 5.12. The van der Waals surface area contributed by atoms with Gasteiger partial charge in [0.25, 0.3) is 0 Å². The molecule has 0 spiro atoms. The van der Waals surface area contributed by atoms with Crippen LogP contribution in [0.15, 0.2) is 176 Å². The number of hydrogen-bond acceptors (Lipinski definition) is 4. The van der Waals surface area contributed by atoms with Gasteiger partial charge in [0.05, 0.1) is 35.0 Å². The molecule has 264 valence electrons. The third-order valence-corrected chi connectivity index (χ3v) is 11.7. The van der Waals surface area contributed by atoms with Crippen molar-refractivity contribution in [1.29, 1.82) is 10.5 Å². The summed E-state index contributed by atoms with van der Waals surface area (Å²) in [5.41, 5.74) is 11.4. The Morgan fingerprint density at radius 1 is 0.518 bits per heavy atom. The molecule has 1 aliphatic rings. The Kier molecular flexibility index (Phi) is 7.63. The van der Waals surface area contributed by atoms with E-state index in [0.717, 1.165) is 28.2 Å². The molecule has 1 unspecified atom stereocenters. The zero-order valence-electron chi connectivity index (χ0n) is 31.1. The van der Waals surface area contributed by atoms with Crippen molar-refractivity contribution in [2.75, 3.05) is 9.80 Å². The second kappa shape index (κ2) is 12.9. The van der Waals surface area contributed by atoms with Gasteiger partial charge in [-0.1, -0.05) is 117 Å². The van der Waals surface area contributed by atoms with Crippen LogP contribution in [0, 0.1) is 22.7 Å². The lowest BCUT2D eigenvalue weighted by Crippen LogP contribution is -2.31. The van der Waals surface area contributed by atoms with Crippen LogP contribution < -0.4 is 9.80 Å². The predicted molar refractivity (Wildman–Crippen MR) is 230 cm³/mol. The standard InChI is InChI=1S/C52H36N4/c1-52(2)45-31-40(36-17-13-34(32-53)14-18-36)23-30-48(45)56(51(52)39-9-5-3-6-10-39)47-29-22-38-19-26-43-46(28-21-37-20-27-44(47)50(38)49(37)43)55(41-11-7-4-8-12-41)42-24-15-35(33-54)16-25-42/h3-31,51H,1-2H3. The summed E-state index contributed by atoms with van der Waals surface area (Å²) in [4.78, 5) is 4.87. The minimum Gasteiger partial charge on any atom is -0.332 e. The lowest BCUT2D eigenvalue weighted by molar-refractivity contribution is 0.449. The summed E-state index contributed by atoms with van der Waals surface area (Å²) in [5.74, 6) is 0. The molecule has 0 amide bonds. The maximum absolute atomic E-state index is 9.56. The Labute approximate surface area is 326 Å². The van der Waals surface area contributed by atoms with Crippen molar-refractivity contribution in [3.63, 3.8) is 0 Å². The van der Waals surface area contributed by atoms with E-state index in [1.165, 1.54) is 54.8 Å². The summed E-state index contributed by atoms with van der Waals surface area (Å²) in [5, 5.41) is 26.2. The summed E-state index contributed by atoms with van der Waals surface area (Å²) in [7, 11) is 0. The first-order chi connectivity index (χ1) is 27.4. The van der Waals surface area contributed by atoms with Crippen LogP contribution in [0.1, 0.15) is 42.1 Å². The van der Waals surface area contributed by atoms with Crippen molar-refractivity contribution >= 4 is 60.8 Å². The second-order valence-electron chi connectivity index (χ2n) is 15.2. The average Bonchev–Trinajstić information content (AvgIpc) is 3.49. The highest BCUT2D eigenvalue weighted by Gasteiger charge is 2.46. The van der Waals surface area contributed by atoms with Gasteiger partial charge in [0.1, 0.15) is 0 Å². The first-order valence-corrected chi connectivity index (χ1v) is 19.0. The zero-order valence-corrected chi connectivity index (χ0v) is 31.1. The summed E-state index contributed by atoms with van der Waals surface area (Å²) in [6.45, 7) is 4.74. The fourth-order valence-electron chi connectivity index (χ4n) is 9.12. The van der Waals surface area contributed by atoms with Crippen LogP contribution in [-0.2, 0) is 5.41 Å². The topological polar surface area (TPSA) is 54.1 Å². The van der Waals surface area contributed by atoms with Gasteiger partial charge >= 0.3 is 0 Å². The molecule has 0 fully saturated rings. The van der Waals surface area contributed by atoms with Gasteiger partial charge in [-0.3, -0.25) is 0 Å². The molecule has 0 aromatic heterocycles. The second-order valence-corrected chi connectivity index (χ2v) is 15.2. The Morgan fingerprint density at radius 3 is 1.73 bits per heavy atom. The van der Waals surface area contributed by atoms with Crippen molar-refractivity contribution in [1.82, 2.24) is 0 Å². The quantitative estimate of drug-likeness (QED) is 0.161. The summed E-state index contributed by atoms with van der Waals surface area (Å²) >= 11 is 0. The van der Waals surface area contributed by atoms with Crippen LogP contribution in [0.2, 0.25) is 0 Å². The maximum Gasteiger partial charge on any atom is 0.0991 e. The fourth-order valence-corrected chi connectivity index (χ4v) is 9.12. The molecule has 1 heterocycles. The maximum atomic E-state index is 9.56. The molecule has 10 rings (SSSR count). The van der Waals surface area contributed by atoms with Crippen LogP contribution in [0.4, 0.5) is 28.4 Å². The van der Waals surface area contributed by atoms with E-state index in [1.807, 2.05) is 54.6 Å². The lowest BCUT2D eigenvalue weighted by Gasteiger charge is -2.36. The van der Waals surface area contributed by atoms with E-state index in [0.29, 0.717) is 11.1 Å². The van der Waals surface area contributed by atoms with Gasteiger partial charge in [-0.15, -0.1) is 0 Å². The van der Waals surface area contributed by atoms with E-state index >= 15 is 0 Å². The molecule has 4 heteroatoms. The fraction of sp³-hybridized carbons (Fsp3) is 0.0769. The normalized spacial score (nSPS) is 14.5. The minimum absolute atomic E-state index is 0.0360. The molecule has 0 N–H and O–H groups in total. The van der Waals surface area contributed by atoms with Crippen LogP contribution in [0.25, 0.3) is 43.4 Å². The highest BCUT2D eigenvalue weighted by atomic mass is 15.2. The largest absolute Gasteiger partial charge is 0.332 e. The van der Waals surface area contributed by atoms with Gasteiger partial charge in [0.15, 0.2) is 0 Å². The number of para-hydroxylation sites is 1. The van der Waals surface area contributed by atoms with Gasteiger partial charge in [-0.25, -0.2) is 0 Å². The number of hydrogen-bond donors (Lipinski definition) is 0. The first kappa shape index (κ1) is 33.2. The van der Waals surface area contributed by atoms with Gasteiger partial charge < -0.3 is 9.80 Å². The van der Waals surface area contributed by atoms with Crippen LogP contribution in [0.3, 0.4) is 0 Å². The van der Waals surface area contributed by atoms with Gasteiger partial charge in [0, 0.05) is 38.9 Å². The average molecular weight is 717 g/mol. The van der Waals surface area contributed by atoms with E-state index in [4.69, 9.17) is 0 Å². The van der Waals surface area contributed by atoms with E-state index in [-0.39, 0.29) is 11.5 Å². The minimum atomic E-state index is -0.242.